The van der Waals surface area contributed by atoms with E-state index >= 15 is 0 Å². The minimum atomic E-state index is -4.61. The Morgan fingerprint density at radius 2 is 1.57 bits per heavy atom. The molecular formula is C26H34F6N2O. The number of hydrogen-bond donors (Lipinski definition) is 2. The third kappa shape index (κ3) is 16.1. The van der Waals surface area contributed by atoms with Gasteiger partial charge in [-0.1, -0.05) is 43.0 Å². The average molecular weight is 505 g/mol. The molecule has 0 unspecified atom stereocenters. The van der Waals surface area contributed by atoms with Crippen molar-refractivity contribution >= 4 is 0 Å². The number of aryl methyl sites for hydroxylation is 1. The summed E-state index contributed by atoms with van der Waals surface area (Å²) in [5, 5.41) is 3.08. The van der Waals surface area contributed by atoms with Crippen molar-refractivity contribution in [3.8, 4) is 5.75 Å². The number of rotatable bonds is 6. The molecule has 0 aromatic heterocycles. The van der Waals surface area contributed by atoms with Crippen molar-refractivity contribution in [3.05, 3.63) is 102 Å². The fraction of sp³-hybridized carbons (Fsp3) is 0.308. The maximum absolute atomic E-state index is 12.7. The van der Waals surface area contributed by atoms with Crippen LogP contribution in [0.4, 0.5) is 26.3 Å². The van der Waals surface area contributed by atoms with E-state index in [0.717, 1.165) is 17.7 Å². The number of ether oxygens (including phenoxy) is 1. The topological polar surface area (TPSA) is 47.3 Å². The molecule has 3 N–H and O–H groups in total. The molecule has 0 saturated heterocycles. The molecule has 2 aromatic rings. The second-order valence-electron chi connectivity index (χ2n) is 6.96. The summed E-state index contributed by atoms with van der Waals surface area (Å²) >= 11 is 0. The minimum absolute atomic E-state index is 0.183. The van der Waals surface area contributed by atoms with Gasteiger partial charge in [-0.2, -0.15) is 17.6 Å². The normalized spacial score (nSPS) is 11.5. The molecule has 9 heteroatoms. The van der Waals surface area contributed by atoms with Crippen molar-refractivity contribution in [3.63, 3.8) is 0 Å². The SMILES string of the molecule is C=C/C(C)=C\C.C=CN.CN[C@@H](C)c1ccc(F)cc1.Cc1cc(F)cc(OC(F)(F)C(F)F)c1. The van der Waals surface area contributed by atoms with Crippen molar-refractivity contribution in [1.29, 1.82) is 0 Å². The van der Waals surface area contributed by atoms with Crippen molar-refractivity contribution in [2.45, 2.75) is 46.3 Å². The van der Waals surface area contributed by atoms with Gasteiger partial charge in [-0.3, -0.25) is 0 Å². The van der Waals surface area contributed by atoms with Gasteiger partial charge in [0.25, 0.3) is 0 Å². The lowest BCUT2D eigenvalue weighted by atomic mass is 10.1. The Bertz CT molecular complexity index is 879. The molecule has 196 valence electrons. The van der Waals surface area contributed by atoms with E-state index in [0.29, 0.717) is 11.6 Å². The number of alkyl halides is 4. The summed E-state index contributed by atoms with van der Waals surface area (Å²) in [6, 6.07) is 9.53. The van der Waals surface area contributed by atoms with Crippen LogP contribution in [0.5, 0.6) is 5.75 Å². The van der Waals surface area contributed by atoms with Crippen molar-refractivity contribution in [1.82, 2.24) is 5.32 Å². The van der Waals surface area contributed by atoms with Gasteiger partial charge in [0.2, 0.25) is 0 Å². The van der Waals surface area contributed by atoms with Gasteiger partial charge in [-0.05, 0) is 76.3 Å². The van der Waals surface area contributed by atoms with Crippen LogP contribution in [-0.2, 0) is 0 Å². The monoisotopic (exact) mass is 504 g/mol. The first-order chi connectivity index (χ1) is 16.3. The Hall–Kier alpha value is -3.20. The summed E-state index contributed by atoms with van der Waals surface area (Å²) in [6.07, 6.45) is -3.46. The Labute approximate surface area is 204 Å². The molecule has 0 radical (unpaired) electrons. The van der Waals surface area contributed by atoms with Gasteiger partial charge in [-0.15, -0.1) is 0 Å². The van der Waals surface area contributed by atoms with Crippen LogP contribution < -0.4 is 15.8 Å². The first-order valence-electron chi connectivity index (χ1n) is 10.4. The Kier molecular flexibility index (Phi) is 17.6. The molecule has 3 nitrogen and oxygen atoms in total. The predicted octanol–water partition coefficient (Wildman–Crippen LogP) is 7.70. The van der Waals surface area contributed by atoms with E-state index in [2.05, 4.69) is 28.9 Å². The first-order valence-corrected chi connectivity index (χ1v) is 10.4. The maximum atomic E-state index is 12.7. The Morgan fingerprint density at radius 1 is 1.06 bits per heavy atom. The summed E-state index contributed by atoms with van der Waals surface area (Å²) < 4.78 is 77.1. The van der Waals surface area contributed by atoms with Gasteiger partial charge in [0, 0.05) is 12.1 Å². The molecule has 1 atom stereocenters. The quantitative estimate of drug-likeness (QED) is 0.313. The molecule has 0 fully saturated rings. The van der Waals surface area contributed by atoms with E-state index in [4.69, 9.17) is 0 Å². The minimum Gasteiger partial charge on any atom is -0.428 e. The van der Waals surface area contributed by atoms with E-state index in [1.807, 2.05) is 40.0 Å². The number of benzene rings is 2. The zero-order valence-corrected chi connectivity index (χ0v) is 20.6. The van der Waals surface area contributed by atoms with Crippen molar-refractivity contribution in [2.24, 2.45) is 5.73 Å². The van der Waals surface area contributed by atoms with Crippen molar-refractivity contribution < 1.29 is 31.1 Å². The van der Waals surface area contributed by atoms with Crippen LogP contribution in [-0.4, -0.2) is 19.6 Å². The molecule has 0 aliphatic rings. The summed E-state index contributed by atoms with van der Waals surface area (Å²) in [7, 11) is 1.88. The molecule has 0 saturated carbocycles. The highest BCUT2D eigenvalue weighted by atomic mass is 19.3. The first kappa shape index (κ1) is 34.0. The fourth-order valence-electron chi connectivity index (χ4n) is 2.00. The number of hydrogen-bond acceptors (Lipinski definition) is 3. The van der Waals surface area contributed by atoms with Crippen LogP contribution in [0.3, 0.4) is 0 Å². The lowest BCUT2D eigenvalue weighted by Gasteiger charge is -2.16. The van der Waals surface area contributed by atoms with Crippen LogP contribution in [0.1, 0.15) is 37.9 Å². The van der Waals surface area contributed by atoms with Gasteiger partial charge < -0.3 is 15.8 Å². The zero-order valence-electron chi connectivity index (χ0n) is 20.6. The van der Waals surface area contributed by atoms with Crippen LogP contribution in [0.2, 0.25) is 0 Å². The van der Waals surface area contributed by atoms with E-state index < -0.39 is 24.1 Å². The summed E-state index contributed by atoms with van der Waals surface area (Å²) in [6.45, 7) is 14.2. The van der Waals surface area contributed by atoms with E-state index in [-0.39, 0.29) is 11.9 Å². The number of nitrogens with two attached hydrogens (primary N) is 1. The highest BCUT2D eigenvalue weighted by Gasteiger charge is 2.44. The zero-order chi connectivity index (χ0) is 27.6. The number of allylic oxidation sites excluding steroid dienone is 3. The van der Waals surface area contributed by atoms with Gasteiger partial charge in [-0.25, -0.2) is 8.78 Å². The molecule has 2 rings (SSSR count). The number of nitrogens with one attached hydrogen (secondary N) is 1. The summed E-state index contributed by atoms with van der Waals surface area (Å²) in [5.41, 5.74) is 7.25. The van der Waals surface area contributed by atoms with Gasteiger partial charge in [0.05, 0.1) is 0 Å². The maximum Gasteiger partial charge on any atom is 0.461 e. The number of halogens is 6. The van der Waals surface area contributed by atoms with E-state index in [9.17, 15) is 26.3 Å². The van der Waals surface area contributed by atoms with Crippen LogP contribution in [0.25, 0.3) is 0 Å². The molecule has 2 aromatic carbocycles. The highest BCUT2D eigenvalue weighted by Crippen LogP contribution is 2.28. The molecule has 0 bridgehead atoms. The molecule has 0 aliphatic carbocycles. The second-order valence-corrected chi connectivity index (χ2v) is 6.96. The summed E-state index contributed by atoms with van der Waals surface area (Å²) in [5.74, 6) is -1.63. The lowest BCUT2D eigenvalue weighted by Crippen LogP contribution is -2.33. The van der Waals surface area contributed by atoms with Crippen LogP contribution >= 0.6 is 0 Å². The van der Waals surface area contributed by atoms with Crippen LogP contribution in [0, 0.1) is 18.6 Å². The Morgan fingerprint density at radius 3 is 1.91 bits per heavy atom. The molecule has 0 amide bonds. The summed E-state index contributed by atoms with van der Waals surface area (Å²) in [4.78, 5) is 0. The smallest absolute Gasteiger partial charge is 0.428 e. The molecular weight excluding hydrogens is 470 g/mol. The second kappa shape index (κ2) is 18.2. The van der Waals surface area contributed by atoms with Gasteiger partial charge in [0.15, 0.2) is 0 Å². The predicted molar refractivity (Wildman–Crippen MR) is 131 cm³/mol. The largest absolute Gasteiger partial charge is 0.461 e. The van der Waals surface area contributed by atoms with Crippen molar-refractivity contribution in [2.75, 3.05) is 7.05 Å². The molecule has 0 heterocycles. The molecule has 0 spiro atoms. The van der Waals surface area contributed by atoms with E-state index in [1.54, 1.807) is 12.1 Å². The van der Waals surface area contributed by atoms with Crippen LogP contribution in [0.15, 0.2) is 79.5 Å². The highest BCUT2D eigenvalue weighted by molar-refractivity contribution is 5.29. The lowest BCUT2D eigenvalue weighted by molar-refractivity contribution is -0.253. The Balaban J connectivity index is 0. The fourth-order valence-corrected chi connectivity index (χ4v) is 2.00. The van der Waals surface area contributed by atoms with E-state index in [1.165, 1.54) is 30.8 Å². The molecule has 35 heavy (non-hydrogen) atoms. The third-order valence-electron chi connectivity index (χ3n) is 4.10. The van der Waals surface area contributed by atoms with Gasteiger partial charge >= 0.3 is 12.5 Å². The van der Waals surface area contributed by atoms with Gasteiger partial charge in [0.1, 0.15) is 17.4 Å². The third-order valence-corrected chi connectivity index (χ3v) is 4.10. The average Bonchev–Trinajstić information content (AvgIpc) is 2.78. The molecule has 0 aliphatic heterocycles. The standard InChI is InChI=1S/C9H7F5O.C9H12FN.C6H10.C2H5N/c1-5-2-6(10)4-7(3-5)15-9(13,14)8(11)12;1-7(11-2)8-3-5-9(10)6-4-8;1-4-6(3)5-2;1-2-3/h2-4,8H,1H3;3-7,11H,1-2H3;4-5H,1H2,2-3H3;2H,1,3H2/b;;6-5-;/t;7-;;/m.0../s1.